The summed E-state index contributed by atoms with van der Waals surface area (Å²) in [6.45, 7) is 8.42. The number of hydrogen-bond donors (Lipinski definition) is 2. The number of nitrogens with one attached hydrogen (secondary N) is 2. The van der Waals surface area contributed by atoms with Crippen molar-refractivity contribution in [3.63, 3.8) is 0 Å². The van der Waals surface area contributed by atoms with E-state index in [-0.39, 0.29) is 18.9 Å². The van der Waals surface area contributed by atoms with Crippen LogP contribution in [0, 0.1) is 0 Å². The van der Waals surface area contributed by atoms with Gasteiger partial charge in [0, 0.05) is 19.5 Å². The van der Waals surface area contributed by atoms with Crippen LogP contribution in [0.1, 0.15) is 40.5 Å². The minimum Gasteiger partial charge on any atom is -0.444 e. The fraction of sp³-hybridized carbons (Fsp3) is 0.500. The number of aryl methyl sites for hydroxylation is 1. The maximum Gasteiger partial charge on any atom is 0.407 e. The van der Waals surface area contributed by atoms with Gasteiger partial charge >= 0.3 is 6.09 Å². The molecule has 0 saturated heterocycles. The lowest BCUT2D eigenvalue weighted by Crippen LogP contribution is -2.34. The van der Waals surface area contributed by atoms with Crippen LogP contribution in [-0.4, -0.2) is 33.7 Å². The molecule has 0 aliphatic carbocycles. The van der Waals surface area contributed by atoms with Gasteiger partial charge in [0.2, 0.25) is 11.9 Å². The molecular formula is C18H26N4O3. The molecular weight excluding hydrogens is 320 g/mol. The molecule has 1 aromatic heterocycles. The van der Waals surface area contributed by atoms with E-state index < -0.39 is 11.7 Å². The van der Waals surface area contributed by atoms with Crippen LogP contribution in [0.15, 0.2) is 24.3 Å². The van der Waals surface area contributed by atoms with Crippen LogP contribution >= 0.6 is 0 Å². The molecule has 1 heterocycles. The first-order chi connectivity index (χ1) is 11.8. The molecule has 0 atom stereocenters. The van der Waals surface area contributed by atoms with E-state index in [1.54, 1.807) is 20.8 Å². The number of aromatic nitrogens is 2. The summed E-state index contributed by atoms with van der Waals surface area (Å²) in [5, 5.41) is 5.40. The van der Waals surface area contributed by atoms with Crippen molar-refractivity contribution >= 4 is 29.0 Å². The number of nitrogens with zero attached hydrogens (tertiary/aromatic N) is 2. The summed E-state index contributed by atoms with van der Waals surface area (Å²) in [6.07, 6.45) is 0.552. The van der Waals surface area contributed by atoms with Crippen molar-refractivity contribution in [3.05, 3.63) is 24.3 Å². The van der Waals surface area contributed by atoms with Gasteiger partial charge in [-0.05, 0) is 39.3 Å². The van der Waals surface area contributed by atoms with Crippen LogP contribution < -0.4 is 10.6 Å². The number of amides is 2. The summed E-state index contributed by atoms with van der Waals surface area (Å²) in [5.41, 5.74) is 1.28. The average Bonchev–Trinajstić information content (AvgIpc) is 2.83. The van der Waals surface area contributed by atoms with Crippen molar-refractivity contribution in [1.82, 2.24) is 14.9 Å². The summed E-state index contributed by atoms with van der Waals surface area (Å²) in [5.74, 6) is 0.328. The van der Waals surface area contributed by atoms with Crippen LogP contribution in [0.3, 0.4) is 0 Å². The van der Waals surface area contributed by atoms with Crippen LogP contribution in [0.4, 0.5) is 10.7 Å². The second-order valence-electron chi connectivity index (χ2n) is 6.80. The Bertz CT molecular complexity index is 746. The molecule has 0 aliphatic rings. The van der Waals surface area contributed by atoms with Gasteiger partial charge in [-0.3, -0.25) is 10.1 Å². The normalized spacial score (nSPS) is 11.4. The minimum atomic E-state index is -0.558. The maximum absolute atomic E-state index is 12.2. The van der Waals surface area contributed by atoms with E-state index in [0.29, 0.717) is 5.95 Å². The first kappa shape index (κ1) is 18.8. The number of carbonyl (C=O) groups is 2. The van der Waals surface area contributed by atoms with Crippen LogP contribution in [0.2, 0.25) is 0 Å². The number of fused-ring (bicyclic) bond motifs is 1. The molecule has 2 amide bonds. The lowest BCUT2D eigenvalue weighted by atomic mass is 10.2. The molecule has 0 unspecified atom stereocenters. The molecule has 2 aromatic rings. The van der Waals surface area contributed by atoms with Gasteiger partial charge in [-0.25, -0.2) is 9.78 Å². The number of rotatable bonds is 6. The minimum absolute atomic E-state index is 0.147. The molecule has 2 rings (SSSR count). The highest BCUT2D eigenvalue weighted by Crippen LogP contribution is 2.20. The third-order valence-corrected chi connectivity index (χ3v) is 3.37. The summed E-state index contributed by atoms with van der Waals surface area (Å²) in [6, 6.07) is 7.77. The monoisotopic (exact) mass is 346 g/mol. The number of imidazole rings is 1. The van der Waals surface area contributed by atoms with E-state index >= 15 is 0 Å². The number of benzene rings is 1. The Morgan fingerprint density at radius 3 is 2.64 bits per heavy atom. The Kier molecular flexibility index (Phi) is 6.01. The zero-order valence-corrected chi connectivity index (χ0v) is 15.3. The first-order valence-corrected chi connectivity index (χ1v) is 8.52. The van der Waals surface area contributed by atoms with Crippen molar-refractivity contribution in [1.29, 1.82) is 0 Å². The largest absolute Gasteiger partial charge is 0.444 e. The molecule has 1 aromatic carbocycles. The van der Waals surface area contributed by atoms with Gasteiger partial charge in [-0.2, -0.15) is 0 Å². The number of hydrogen-bond acceptors (Lipinski definition) is 4. The molecule has 0 aliphatic heterocycles. The highest BCUT2D eigenvalue weighted by molar-refractivity contribution is 5.91. The SMILES string of the molecule is CCCn1c(NC(=O)CCNC(=O)OC(C)(C)C)nc2ccccc21. The average molecular weight is 346 g/mol. The third kappa shape index (κ3) is 5.48. The quantitative estimate of drug-likeness (QED) is 0.840. The number of carbonyl (C=O) groups excluding carboxylic acids is 2. The van der Waals surface area contributed by atoms with Crippen LogP contribution in [-0.2, 0) is 16.1 Å². The van der Waals surface area contributed by atoms with E-state index in [1.165, 1.54) is 0 Å². The number of anilines is 1. The van der Waals surface area contributed by atoms with Gasteiger partial charge in [0.05, 0.1) is 11.0 Å². The number of alkyl carbamates (subject to hydrolysis) is 1. The molecule has 0 fully saturated rings. The summed E-state index contributed by atoms with van der Waals surface area (Å²) < 4.78 is 7.13. The molecule has 0 radical (unpaired) electrons. The second-order valence-corrected chi connectivity index (χ2v) is 6.80. The zero-order valence-electron chi connectivity index (χ0n) is 15.3. The van der Waals surface area contributed by atoms with E-state index in [4.69, 9.17) is 4.74 Å². The topological polar surface area (TPSA) is 85.2 Å². The molecule has 0 bridgehead atoms. The fourth-order valence-corrected chi connectivity index (χ4v) is 2.40. The summed E-state index contributed by atoms with van der Waals surface area (Å²) >= 11 is 0. The Morgan fingerprint density at radius 2 is 1.96 bits per heavy atom. The lowest BCUT2D eigenvalue weighted by Gasteiger charge is -2.19. The smallest absolute Gasteiger partial charge is 0.407 e. The Labute approximate surface area is 147 Å². The highest BCUT2D eigenvalue weighted by Gasteiger charge is 2.16. The molecule has 136 valence electrons. The summed E-state index contributed by atoms with van der Waals surface area (Å²) in [7, 11) is 0. The van der Waals surface area contributed by atoms with Crippen molar-refractivity contribution < 1.29 is 14.3 Å². The molecule has 25 heavy (non-hydrogen) atoms. The van der Waals surface area contributed by atoms with Crippen molar-refractivity contribution in [3.8, 4) is 0 Å². The zero-order chi connectivity index (χ0) is 18.4. The molecule has 2 N–H and O–H groups in total. The second kappa shape index (κ2) is 8.00. The molecule has 0 saturated carbocycles. The van der Waals surface area contributed by atoms with E-state index in [0.717, 1.165) is 24.0 Å². The molecule has 0 spiro atoms. The Hall–Kier alpha value is -2.57. The predicted molar refractivity (Wildman–Crippen MR) is 97.5 cm³/mol. The van der Waals surface area contributed by atoms with Crippen molar-refractivity contribution in [2.24, 2.45) is 0 Å². The Balaban J connectivity index is 1.93. The van der Waals surface area contributed by atoms with Gasteiger partial charge < -0.3 is 14.6 Å². The summed E-state index contributed by atoms with van der Waals surface area (Å²) in [4.78, 5) is 28.2. The number of para-hydroxylation sites is 2. The van der Waals surface area contributed by atoms with Crippen LogP contribution in [0.5, 0.6) is 0 Å². The fourth-order valence-electron chi connectivity index (χ4n) is 2.40. The van der Waals surface area contributed by atoms with Crippen molar-refractivity contribution in [2.75, 3.05) is 11.9 Å². The third-order valence-electron chi connectivity index (χ3n) is 3.37. The number of ether oxygens (including phenoxy) is 1. The van der Waals surface area contributed by atoms with E-state index in [2.05, 4.69) is 22.5 Å². The van der Waals surface area contributed by atoms with E-state index in [9.17, 15) is 9.59 Å². The molecule has 7 nitrogen and oxygen atoms in total. The van der Waals surface area contributed by atoms with Crippen LogP contribution in [0.25, 0.3) is 11.0 Å². The van der Waals surface area contributed by atoms with Crippen molar-refractivity contribution in [2.45, 2.75) is 52.7 Å². The molecule has 7 heteroatoms. The van der Waals surface area contributed by atoms with Gasteiger partial charge in [0.25, 0.3) is 0 Å². The lowest BCUT2D eigenvalue weighted by molar-refractivity contribution is -0.116. The Morgan fingerprint density at radius 1 is 1.24 bits per heavy atom. The maximum atomic E-state index is 12.2. The van der Waals surface area contributed by atoms with Gasteiger partial charge in [-0.1, -0.05) is 19.1 Å². The van der Waals surface area contributed by atoms with Gasteiger partial charge in [-0.15, -0.1) is 0 Å². The standard InChI is InChI=1S/C18H26N4O3/c1-5-12-22-14-9-7-6-8-13(14)20-16(22)21-15(23)10-11-19-17(24)25-18(2,3)4/h6-9H,5,10-12H2,1-4H3,(H,19,24)(H,20,21,23). The van der Waals surface area contributed by atoms with E-state index in [1.807, 2.05) is 28.8 Å². The highest BCUT2D eigenvalue weighted by atomic mass is 16.6. The first-order valence-electron chi connectivity index (χ1n) is 8.52. The predicted octanol–water partition coefficient (Wildman–Crippen LogP) is 3.30. The van der Waals surface area contributed by atoms with Gasteiger partial charge in [0.1, 0.15) is 5.60 Å². The van der Waals surface area contributed by atoms with Gasteiger partial charge in [0.15, 0.2) is 0 Å².